The molecule has 0 N–H and O–H groups in total. The highest BCUT2D eigenvalue weighted by Gasteiger charge is 2.66. The lowest BCUT2D eigenvalue weighted by Crippen LogP contribution is -2.30. The molecule has 0 saturated heterocycles. The average Bonchev–Trinajstić information content (AvgIpc) is 4.24. The first-order valence-electron chi connectivity index (χ1n) is 25.6. The predicted octanol–water partition coefficient (Wildman–Crippen LogP) is 15.3. The molecule has 0 aromatic heterocycles. The van der Waals surface area contributed by atoms with Gasteiger partial charge in [0, 0.05) is 22.3 Å². The molecule has 10 aromatic rings. The summed E-state index contributed by atoms with van der Waals surface area (Å²) < 4.78 is 12.6. The number of rotatable bonds is 6. The third-order valence-corrected chi connectivity index (χ3v) is 16.3. The maximum atomic E-state index is 6.32. The van der Waals surface area contributed by atoms with Gasteiger partial charge in [-0.15, -0.1) is 0 Å². The third kappa shape index (κ3) is 6.24. The van der Waals surface area contributed by atoms with E-state index in [0.717, 1.165) is 33.8 Å². The minimum Gasteiger partial charge on any atom is -0.497 e. The van der Waals surface area contributed by atoms with Crippen LogP contribution in [0.15, 0.2) is 255 Å². The Bertz CT molecular complexity index is 3760. The van der Waals surface area contributed by atoms with Crippen LogP contribution in [-0.4, -0.2) is 14.2 Å². The summed E-state index contributed by atoms with van der Waals surface area (Å²) in [4.78, 5) is 0. The molecule has 0 atom stereocenters. The third-order valence-electron chi connectivity index (χ3n) is 16.3. The predicted molar refractivity (Wildman–Crippen MR) is 304 cm³/mol. The molecule has 2 nitrogen and oxygen atoms in total. The molecule has 0 heterocycles. The quantitative estimate of drug-likeness (QED) is 0.155. The topological polar surface area (TPSA) is 18.5 Å². The van der Waals surface area contributed by atoms with Crippen molar-refractivity contribution in [3.8, 4) is 35.2 Å². The van der Waals surface area contributed by atoms with Gasteiger partial charge in [0.15, 0.2) is 0 Å². The van der Waals surface area contributed by atoms with Crippen LogP contribution in [0.2, 0.25) is 0 Å². The first-order chi connectivity index (χ1) is 37.1. The monoisotopic (exact) mass is 956 g/mol. The second kappa shape index (κ2) is 17.3. The van der Waals surface area contributed by atoms with Crippen LogP contribution in [0.3, 0.4) is 0 Å². The van der Waals surface area contributed by atoms with E-state index in [1.165, 1.54) is 89.1 Å². The molecule has 0 aliphatic heterocycles. The van der Waals surface area contributed by atoms with Crippen LogP contribution >= 0.6 is 0 Å². The van der Waals surface area contributed by atoms with E-state index in [0.29, 0.717) is 0 Å². The van der Waals surface area contributed by atoms with Crippen LogP contribution in [0.5, 0.6) is 11.5 Å². The van der Waals surface area contributed by atoms with E-state index < -0.39 is 16.2 Å². The van der Waals surface area contributed by atoms with Gasteiger partial charge in [-0.05, 0) is 162 Å². The number of benzene rings is 10. The number of methoxy groups -OCH3 is 2. The zero-order valence-electron chi connectivity index (χ0n) is 41.6. The largest absolute Gasteiger partial charge is 0.497 e. The fourth-order valence-corrected chi connectivity index (χ4v) is 13.4. The molecule has 0 saturated carbocycles. The summed E-state index contributed by atoms with van der Waals surface area (Å²) in [6.07, 6.45) is 0. The summed E-state index contributed by atoms with van der Waals surface area (Å²) in [5, 5.41) is 0. The molecular formula is C73H48O2. The second-order valence-corrected chi connectivity index (χ2v) is 19.8. The van der Waals surface area contributed by atoms with Gasteiger partial charge >= 0.3 is 0 Å². The van der Waals surface area contributed by atoms with Gasteiger partial charge in [0.2, 0.25) is 0 Å². The Morgan fingerprint density at radius 3 is 0.840 bits per heavy atom. The number of allylic oxidation sites excluding steroid dienone is 4. The van der Waals surface area contributed by atoms with Crippen molar-refractivity contribution in [2.75, 3.05) is 14.2 Å². The van der Waals surface area contributed by atoms with Gasteiger partial charge < -0.3 is 9.47 Å². The van der Waals surface area contributed by atoms with Crippen molar-refractivity contribution in [1.82, 2.24) is 0 Å². The molecule has 2 heteroatoms. The SMILES string of the molecule is COc1ccc2c(c1)C1(C3=C2C(c2ccccc2)(c2ccccc2)c2cc(C#Cc4ccccc4)ccc23)C2=C(c3ccc(OC)cc31)C(c1ccccc1)(c1ccccc1)c1cc(C#Cc3ccccc3)ccc12. The molecule has 4 aliphatic carbocycles. The van der Waals surface area contributed by atoms with Gasteiger partial charge in [0.1, 0.15) is 11.5 Å². The molecule has 352 valence electrons. The Labute approximate surface area is 439 Å². The molecule has 4 aliphatic rings. The standard InChI is InChI=1S/C73H48O2/c1-74-57-39-43-61-65(47-57)73(69-59-41-37-51(35-33-49-21-9-3-10-22-49)45-63(59)71(67(61)69,53-25-13-5-14-26-53)54-27-15-6-16-28-54)66-48-58(75-2)40-44-62(66)68-70(73)60-42-38-52(36-34-50-23-11-4-12-24-50)46-64(60)72(68,55-29-17-7-18-30-55)56-31-19-8-20-32-56/h3-32,37-48H,1-2H3. The summed E-state index contributed by atoms with van der Waals surface area (Å²) in [6, 6.07) is 92.7. The normalized spacial score (nSPS) is 15.1. The maximum Gasteiger partial charge on any atom is 0.119 e. The fourth-order valence-electron chi connectivity index (χ4n) is 13.4. The molecular weight excluding hydrogens is 909 g/mol. The van der Waals surface area contributed by atoms with Crippen molar-refractivity contribution in [3.05, 3.63) is 344 Å². The zero-order chi connectivity index (χ0) is 50.1. The molecule has 10 aromatic carbocycles. The van der Waals surface area contributed by atoms with Crippen molar-refractivity contribution in [3.63, 3.8) is 0 Å². The van der Waals surface area contributed by atoms with Crippen LogP contribution in [0.1, 0.15) is 89.0 Å². The van der Waals surface area contributed by atoms with Crippen LogP contribution in [0.4, 0.5) is 0 Å². The summed E-state index contributed by atoms with van der Waals surface area (Å²) in [7, 11) is 3.57. The summed E-state index contributed by atoms with van der Waals surface area (Å²) >= 11 is 0. The second-order valence-electron chi connectivity index (χ2n) is 19.8. The summed E-state index contributed by atoms with van der Waals surface area (Å²) in [5.74, 6) is 15.9. The average molecular weight is 957 g/mol. The van der Waals surface area contributed by atoms with E-state index in [2.05, 4.69) is 242 Å². The molecule has 1 spiro atoms. The maximum absolute atomic E-state index is 6.32. The van der Waals surface area contributed by atoms with E-state index in [1.807, 2.05) is 36.4 Å². The van der Waals surface area contributed by atoms with Crippen LogP contribution in [-0.2, 0) is 16.2 Å². The molecule has 0 bridgehead atoms. The molecule has 0 radical (unpaired) electrons. The Morgan fingerprint density at radius 1 is 0.253 bits per heavy atom. The number of ether oxygens (including phenoxy) is 2. The number of fused-ring (bicyclic) bond motifs is 12. The summed E-state index contributed by atoms with van der Waals surface area (Å²) in [6.45, 7) is 0. The smallest absolute Gasteiger partial charge is 0.119 e. The molecule has 0 fully saturated rings. The lowest BCUT2D eigenvalue weighted by atomic mass is 9.63. The first kappa shape index (κ1) is 44.1. The van der Waals surface area contributed by atoms with Crippen LogP contribution in [0.25, 0.3) is 22.3 Å². The Hall–Kier alpha value is -9.60. The van der Waals surface area contributed by atoms with Gasteiger partial charge in [0.05, 0.1) is 30.5 Å². The highest BCUT2D eigenvalue weighted by atomic mass is 16.5. The number of hydrogen-bond donors (Lipinski definition) is 0. The van der Waals surface area contributed by atoms with E-state index in [1.54, 1.807) is 14.2 Å². The fraction of sp³-hybridized carbons (Fsp3) is 0.0685. The zero-order valence-corrected chi connectivity index (χ0v) is 41.6. The van der Waals surface area contributed by atoms with Crippen molar-refractivity contribution in [2.45, 2.75) is 16.2 Å². The Balaban J connectivity index is 1.18. The molecule has 0 unspecified atom stereocenters. The van der Waals surface area contributed by atoms with E-state index in [-0.39, 0.29) is 0 Å². The van der Waals surface area contributed by atoms with Crippen molar-refractivity contribution >= 4 is 22.3 Å². The van der Waals surface area contributed by atoms with E-state index >= 15 is 0 Å². The highest BCUT2D eigenvalue weighted by Crippen LogP contribution is 2.77. The minimum atomic E-state index is -0.896. The Morgan fingerprint density at radius 2 is 0.520 bits per heavy atom. The van der Waals surface area contributed by atoms with E-state index in [9.17, 15) is 0 Å². The molecule has 0 amide bonds. The lowest BCUT2D eigenvalue weighted by Gasteiger charge is -2.38. The number of hydrogen-bond acceptors (Lipinski definition) is 2. The van der Waals surface area contributed by atoms with Crippen molar-refractivity contribution in [1.29, 1.82) is 0 Å². The van der Waals surface area contributed by atoms with Crippen molar-refractivity contribution in [2.24, 2.45) is 0 Å². The highest BCUT2D eigenvalue weighted by molar-refractivity contribution is 6.26. The van der Waals surface area contributed by atoms with Crippen LogP contribution < -0.4 is 9.47 Å². The van der Waals surface area contributed by atoms with Gasteiger partial charge in [-0.1, -0.05) is 206 Å². The van der Waals surface area contributed by atoms with Gasteiger partial charge in [-0.2, -0.15) is 0 Å². The Kier molecular flexibility index (Phi) is 10.2. The van der Waals surface area contributed by atoms with Gasteiger partial charge in [-0.25, -0.2) is 0 Å². The van der Waals surface area contributed by atoms with Gasteiger partial charge in [0.25, 0.3) is 0 Å². The molecule has 14 rings (SSSR count). The van der Waals surface area contributed by atoms with Crippen LogP contribution in [0, 0.1) is 23.7 Å². The van der Waals surface area contributed by atoms with Crippen molar-refractivity contribution < 1.29 is 9.47 Å². The van der Waals surface area contributed by atoms with E-state index in [4.69, 9.17) is 9.47 Å². The van der Waals surface area contributed by atoms with Gasteiger partial charge in [-0.3, -0.25) is 0 Å². The first-order valence-corrected chi connectivity index (χ1v) is 25.6. The lowest BCUT2D eigenvalue weighted by molar-refractivity contribution is 0.413. The summed E-state index contributed by atoms with van der Waals surface area (Å²) in [5.41, 5.74) is 20.7. The minimum absolute atomic E-state index is 0.777. The molecule has 75 heavy (non-hydrogen) atoms.